The third kappa shape index (κ3) is 4.80. The van der Waals surface area contributed by atoms with Crippen molar-refractivity contribution in [3.8, 4) is 11.5 Å². The van der Waals surface area contributed by atoms with Crippen LogP contribution in [0.15, 0.2) is 42.5 Å². The second-order valence-electron chi connectivity index (χ2n) is 4.13. The summed E-state index contributed by atoms with van der Waals surface area (Å²) in [7, 11) is 0. The minimum atomic E-state index is -0.894. The molecule has 0 heterocycles. The first-order chi connectivity index (χ1) is 9.60. The standard InChI is InChI=1S/C16H20O4/c1-4-12(5-2)11-20-15-10-14(19-6-3)8-7-13(15)9-16(17)18/h4-5,7-8,10H,1,6,9,11H2,2-3H3,(H,17,18)/b12-5+. The molecule has 0 aliphatic rings. The van der Waals surface area contributed by atoms with Crippen molar-refractivity contribution in [3.05, 3.63) is 48.1 Å². The molecule has 0 saturated carbocycles. The van der Waals surface area contributed by atoms with Crippen molar-refractivity contribution in [1.82, 2.24) is 0 Å². The Labute approximate surface area is 119 Å². The predicted molar refractivity (Wildman–Crippen MR) is 78.4 cm³/mol. The zero-order valence-electron chi connectivity index (χ0n) is 11.9. The number of carboxylic acids is 1. The van der Waals surface area contributed by atoms with E-state index in [1.807, 2.05) is 19.9 Å². The van der Waals surface area contributed by atoms with Crippen LogP contribution in [0.25, 0.3) is 0 Å². The van der Waals surface area contributed by atoms with Crippen molar-refractivity contribution in [2.24, 2.45) is 0 Å². The quantitative estimate of drug-likeness (QED) is 0.741. The molecule has 0 spiro atoms. The molecule has 0 radical (unpaired) electrons. The number of carbonyl (C=O) groups is 1. The molecular weight excluding hydrogens is 256 g/mol. The number of benzene rings is 1. The van der Waals surface area contributed by atoms with Gasteiger partial charge in [-0.1, -0.05) is 24.8 Å². The summed E-state index contributed by atoms with van der Waals surface area (Å²) < 4.78 is 11.1. The van der Waals surface area contributed by atoms with Crippen LogP contribution >= 0.6 is 0 Å². The van der Waals surface area contributed by atoms with Gasteiger partial charge in [0.1, 0.15) is 18.1 Å². The summed E-state index contributed by atoms with van der Waals surface area (Å²) in [6.45, 7) is 8.38. The summed E-state index contributed by atoms with van der Waals surface area (Å²) in [4.78, 5) is 10.9. The van der Waals surface area contributed by atoms with Crippen LogP contribution in [-0.4, -0.2) is 24.3 Å². The van der Waals surface area contributed by atoms with Gasteiger partial charge in [0.25, 0.3) is 0 Å². The molecule has 4 heteroatoms. The van der Waals surface area contributed by atoms with Gasteiger partial charge in [0, 0.05) is 11.6 Å². The van der Waals surface area contributed by atoms with Crippen LogP contribution in [0.1, 0.15) is 19.4 Å². The topological polar surface area (TPSA) is 55.8 Å². The summed E-state index contributed by atoms with van der Waals surface area (Å²) in [6, 6.07) is 5.19. The van der Waals surface area contributed by atoms with Gasteiger partial charge in [-0.3, -0.25) is 4.79 Å². The Bertz CT molecular complexity index is 503. The van der Waals surface area contributed by atoms with Gasteiger partial charge in [0.05, 0.1) is 13.0 Å². The Hall–Kier alpha value is -2.23. The van der Waals surface area contributed by atoms with Crippen molar-refractivity contribution in [3.63, 3.8) is 0 Å². The van der Waals surface area contributed by atoms with Gasteiger partial charge in [-0.2, -0.15) is 0 Å². The SMILES string of the molecule is C=C/C(=C\C)COc1cc(OCC)ccc1CC(=O)O. The van der Waals surface area contributed by atoms with Crippen molar-refractivity contribution < 1.29 is 19.4 Å². The lowest BCUT2D eigenvalue weighted by molar-refractivity contribution is -0.136. The second kappa shape index (κ2) is 8.04. The van der Waals surface area contributed by atoms with Crippen LogP contribution in [0.5, 0.6) is 11.5 Å². The third-order valence-electron chi connectivity index (χ3n) is 2.72. The first-order valence-corrected chi connectivity index (χ1v) is 6.48. The van der Waals surface area contributed by atoms with E-state index in [9.17, 15) is 4.79 Å². The molecular formula is C16H20O4. The largest absolute Gasteiger partial charge is 0.494 e. The fourth-order valence-electron chi connectivity index (χ4n) is 1.66. The van der Waals surface area contributed by atoms with E-state index in [2.05, 4.69) is 6.58 Å². The van der Waals surface area contributed by atoms with Gasteiger partial charge < -0.3 is 14.6 Å². The Morgan fingerprint density at radius 1 is 1.40 bits per heavy atom. The molecule has 0 fully saturated rings. The highest BCUT2D eigenvalue weighted by molar-refractivity contribution is 5.71. The number of hydrogen-bond acceptors (Lipinski definition) is 3. The van der Waals surface area contributed by atoms with Crippen LogP contribution in [0.4, 0.5) is 0 Å². The average molecular weight is 276 g/mol. The molecule has 1 rings (SSSR count). The maximum Gasteiger partial charge on any atom is 0.307 e. The number of hydrogen-bond donors (Lipinski definition) is 1. The van der Waals surface area contributed by atoms with Gasteiger partial charge in [-0.25, -0.2) is 0 Å². The van der Waals surface area contributed by atoms with Gasteiger partial charge in [-0.05, 0) is 25.5 Å². The molecule has 0 atom stereocenters. The molecule has 0 unspecified atom stereocenters. The molecule has 0 aliphatic carbocycles. The highest BCUT2D eigenvalue weighted by atomic mass is 16.5. The van der Waals surface area contributed by atoms with Crippen molar-refractivity contribution in [2.75, 3.05) is 13.2 Å². The molecule has 1 N–H and O–H groups in total. The van der Waals surface area contributed by atoms with E-state index < -0.39 is 5.97 Å². The Morgan fingerprint density at radius 2 is 2.15 bits per heavy atom. The highest BCUT2D eigenvalue weighted by Gasteiger charge is 2.10. The molecule has 20 heavy (non-hydrogen) atoms. The average Bonchev–Trinajstić information content (AvgIpc) is 2.42. The zero-order chi connectivity index (χ0) is 15.0. The van der Waals surface area contributed by atoms with E-state index in [-0.39, 0.29) is 6.42 Å². The van der Waals surface area contributed by atoms with E-state index in [0.29, 0.717) is 30.3 Å². The van der Waals surface area contributed by atoms with Gasteiger partial charge in [0.2, 0.25) is 0 Å². The first kappa shape index (κ1) is 15.8. The zero-order valence-corrected chi connectivity index (χ0v) is 11.9. The van der Waals surface area contributed by atoms with Crippen LogP contribution in [0.2, 0.25) is 0 Å². The molecule has 0 aliphatic heterocycles. The monoisotopic (exact) mass is 276 g/mol. The van der Waals surface area contributed by atoms with Crippen LogP contribution < -0.4 is 9.47 Å². The summed E-state index contributed by atoms with van der Waals surface area (Å²) >= 11 is 0. The molecule has 0 saturated heterocycles. The minimum absolute atomic E-state index is 0.0823. The van der Waals surface area contributed by atoms with E-state index >= 15 is 0 Å². The summed E-state index contributed by atoms with van der Waals surface area (Å²) in [6.07, 6.45) is 3.53. The molecule has 108 valence electrons. The van der Waals surface area contributed by atoms with Crippen LogP contribution in [0.3, 0.4) is 0 Å². The van der Waals surface area contributed by atoms with E-state index in [0.717, 1.165) is 5.57 Å². The molecule has 0 amide bonds. The highest BCUT2D eigenvalue weighted by Crippen LogP contribution is 2.26. The van der Waals surface area contributed by atoms with Crippen molar-refractivity contribution >= 4 is 5.97 Å². The van der Waals surface area contributed by atoms with Crippen molar-refractivity contribution in [2.45, 2.75) is 20.3 Å². The smallest absolute Gasteiger partial charge is 0.307 e. The maximum absolute atomic E-state index is 10.9. The van der Waals surface area contributed by atoms with Crippen LogP contribution in [-0.2, 0) is 11.2 Å². The predicted octanol–water partition coefficient (Wildman–Crippen LogP) is 3.22. The Kier molecular flexibility index (Phi) is 6.37. The number of aliphatic carboxylic acids is 1. The normalized spacial score (nSPS) is 11.0. The number of carboxylic acid groups (broad SMARTS) is 1. The lowest BCUT2D eigenvalue weighted by atomic mass is 10.1. The number of ether oxygens (including phenoxy) is 2. The molecule has 1 aromatic carbocycles. The molecule has 1 aromatic rings. The molecule has 0 bridgehead atoms. The molecule has 4 nitrogen and oxygen atoms in total. The van der Waals surface area contributed by atoms with Gasteiger partial charge in [0.15, 0.2) is 0 Å². The summed E-state index contributed by atoms with van der Waals surface area (Å²) in [5.41, 5.74) is 1.56. The first-order valence-electron chi connectivity index (χ1n) is 6.48. The second-order valence-corrected chi connectivity index (χ2v) is 4.13. The van der Waals surface area contributed by atoms with Crippen LogP contribution in [0, 0.1) is 0 Å². The third-order valence-corrected chi connectivity index (χ3v) is 2.72. The van der Waals surface area contributed by atoms with E-state index in [4.69, 9.17) is 14.6 Å². The lowest BCUT2D eigenvalue weighted by Gasteiger charge is -2.13. The minimum Gasteiger partial charge on any atom is -0.494 e. The maximum atomic E-state index is 10.9. The summed E-state index contributed by atoms with van der Waals surface area (Å²) in [5, 5.41) is 8.92. The van der Waals surface area contributed by atoms with Crippen molar-refractivity contribution in [1.29, 1.82) is 0 Å². The summed E-state index contributed by atoms with van der Waals surface area (Å²) in [5.74, 6) is 0.297. The fraction of sp³-hybridized carbons (Fsp3) is 0.312. The van der Waals surface area contributed by atoms with Gasteiger partial charge >= 0.3 is 5.97 Å². The number of rotatable bonds is 8. The lowest BCUT2D eigenvalue weighted by Crippen LogP contribution is -2.06. The van der Waals surface area contributed by atoms with Gasteiger partial charge in [-0.15, -0.1) is 0 Å². The molecule has 0 aromatic heterocycles. The Balaban J connectivity index is 2.94. The van der Waals surface area contributed by atoms with E-state index in [1.54, 1.807) is 24.3 Å². The van der Waals surface area contributed by atoms with E-state index in [1.165, 1.54) is 0 Å². The Morgan fingerprint density at radius 3 is 2.70 bits per heavy atom. The number of allylic oxidation sites excluding steroid dienone is 1. The fourth-order valence-corrected chi connectivity index (χ4v) is 1.66.